The minimum atomic E-state index is -0.147. The quantitative estimate of drug-likeness (QED) is 0.808. The summed E-state index contributed by atoms with van der Waals surface area (Å²) in [5.41, 5.74) is -0.147. The molecule has 0 aromatic carbocycles. The molecule has 0 radical (unpaired) electrons. The first-order chi connectivity index (χ1) is 7.74. The molecule has 16 heavy (non-hydrogen) atoms. The zero-order chi connectivity index (χ0) is 11.4. The summed E-state index contributed by atoms with van der Waals surface area (Å²) in [5.74, 6) is 1.85. The number of hydrogen-bond acceptors (Lipinski definition) is 5. The van der Waals surface area contributed by atoms with Gasteiger partial charge in [-0.25, -0.2) is 0 Å². The van der Waals surface area contributed by atoms with Crippen LogP contribution in [0.3, 0.4) is 0 Å². The molecule has 2 aliphatic heterocycles. The fraction of sp³-hybridized carbons (Fsp3) is 0.909. The molecule has 2 rings (SSSR count). The maximum absolute atomic E-state index is 5.56. The first-order valence-corrected chi connectivity index (χ1v) is 6.77. The summed E-state index contributed by atoms with van der Waals surface area (Å²) in [6.07, 6.45) is 0.963. The van der Waals surface area contributed by atoms with Gasteiger partial charge < -0.3 is 14.8 Å². The topological polar surface area (TPSA) is 42.8 Å². The van der Waals surface area contributed by atoms with Gasteiger partial charge in [-0.05, 0) is 5.92 Å². The monoisotopic (exact) mass is 244 g/mol. The third kappa shape index (κ3) is 2.90. The molecule has 0 aromatic heterocycles. The largest absolute Gasteiger partial charge is 0.378 e. The maximum atomic E-state index is 5.56. The molecular formula is C11H20N2O2S. The van der Waals surface area contributed by atoms with Crippen molar-refractivity contribution in [1.29, 1.82) is 0 Å². The second-order valence-corrected chi connectivity index (χ2v) is 5.61. The summed E-state index contributed by atoms with van der Waals surface area (Å²) in [4.78, 5) is 4.51. The summed E-state index contributed by atoms with van der Waals surface area (Å²) in [5, 5.41) is 4.44. The number of ether oxygens (including phenoxy) is 2. The molecule has 0 aliphatic carbocycles. The van der Waals surface area contributed by atoms with E-state index >= 15 is 0 Å². The molecule has 0 bridgehead atoms. The van der Waals surface area contributed by atoms with Gasteiger partial charge in [0.2, 0.25) is 0 Å². The first-order valence-electron chi connectivity index (χ1n) is 5.78. The molecule has 2 unspecified atom stereocenters. The number of rotatable bonds is 3. The van der Waals surface area contributed by atoms with E-state index in [0.29, 0.717) is 12.5 Å². The van der Waals surface area contributed by atoms with Gasteiger partial charge in [0.1, 0.15) is 5.60 Å². The highest BCUT2D eigenvalue weighted by Crippen LogP contribution is 2.22. The number of thioether (sulfide) groups is 1. The minimum Gasteiger partial charge on any atom is -0.378 e. The van der Waals surface area contributed by atoms with E-state index < -0.39 is 0 Å². The molecule has 2 heterocycles. The van der Waals surface area contributed by atoms with E-state index in [9.17, 15) is 0 Å². The molecule has 5 heteroatoms. The van der Waals surface area contributed by atoms with Crippen LogP contribution < -0.4 is 5.32 Å². The highest BCUT2D eigenvalue weighted by Gasteiger charge is 2.35. The maximum Gasteiger partial charge on any atom is 0.156 e. The number of nitrogens with one attached hydrogen (secondary N) is 1. The molecule has 2 atom stereocenters. The number of nitrogens with zero attached hydrogens (tertiary/aromatic N) is 1. The predicted molar refractivity (Wildman–Crippen MR) is 67.1 cm³/mol. The molecule has 0 spiro atoms. The third-order valence-electron chi connectivity index (χ3n) is 3.11. The standard InChI is InChI=1S/C11H20N2O2S/c1-9-5-12-10(16-6-9)13-7-11(14-2)3-4-15-8-11/h9H,3-8H2,1-2H3,(H,12,13). The van der Waals surface area contributed by atoms with Crippen molar-refractivity contribution in [3.05, 3.63) is 0 Å². The van der Waals surface area contributed by atoms with Crippen LogP contribution >= 0.6 is 11.8 Å². The van der Waals surface area contributed by atoms with Crippen LogP contribution in [0, 0.1) is 5.92 Å². The van der Waals surface area contributed by atoms with Crippen molar-refractivity contribution in [2.75, 3.05) is 39.2 Å². The van der Waals surface area contributed by atoms with E-state index in [2.05, 4.69) is 17.2 Å². The molecule has 4 nitrogen and oxygen atoms in total. The van der Waals surface area contributed by atoms with Crippen molar-refractivity contribution >= 4 is 16.9 Å². The fourth-order valence-electron chi connectivity index (χ4n) is 1.86. The Balaban J connectivity index is 1.82. The summed E-state index contributed by atoms with van der Waals surface area (Å²) in [6.45, 7) is 5.45. The van der Waals surface area contributed by atoms with Crippen LogP contribution in [0.4, 0.5) is 0 Å². The van der Waals surface area contributed by atoms with E-state index in [0.717, 1.165) is 37.0 Å². The Kier molecular flexibility index (Phi) is 4.10. The van der Waals surface area contributed by atoms with Crippen molar-refractivity contribution in [3.63, 3.8) is 0 Å². The van der Waals surface area contributed by atoms with Crippen LogP contribution in [0.1, 0.15) is 13.3 Å². The smallest absolute Gasteiger partial charge is 0.156 e. The number of aliphatic imine (C=N–C) groups is 1. The Labute approximate surface area is 101 Å². The highest BCUT2D eigenvalue weighted by atomic mass is 32.2. The average Bonchev–Trinajstić information content (AvgIpc) is 2.78. The molecule has 0 amide bonds. The Morgan fingerprint density at radius 2 is 2.56 bits per heavy atom. The molecule has 1 N–H and O–H groups in total. The Morgan fingerprint density at radius 3 is 3.12 bits per heavy atom. The van der Waals surface area contributed by atoms with E-state index in [-0.39, 0.29) is 5.60 Å². The zero-order valence-corrected chi connectivity index (χ0v) is 10.8. The highest BCUT2D eigenvalue weighted by molar-refractivity contribution is 8.13. The lowest BCUT2D eigenvalue weighted by atomic mass is 10.0. The lowest BCUT2D eigenvalue weighted by molar-refractivity contribution is -0.0125. The van der Waals surface area contributed by atoms with Crippen LogP contribution in [0.2, 0.25) is 0 Å². The predicted octanol–water partition coefficient (Wildman–Crippen LogP) is 1.12. The van der Waals surface area contributed by atoms with Gasteiger partial charge in [0.05, 0.1) is 6.61 Å². The summed E-state index contributed by atoms with van der Waals surface area (Å²) < 4.78 is 11.0. The second-order valence-electron chi connectivity index (χ2n) is 4.61. The molecule has 2 aliphatic rings. The summed E-state index contributed by atoms with van der Waals surface area (Å²) in [6, 6.07) is 0. The first kappa shape index (κ1) is 12.2. The molecule has 0 aromatic rings. The molecule has 1 fully saturated rings. The summed E-state index contributed by atoms with van der Waals surface area (Å²) >= 11 is 1.81. The van der Waals surface area contributed by atoms with Crippen molar-refractivity contribution in [2.45, 2.75) is 18.9 Å². The summed E-state index contributed by atoms with van der Waals surface area (Å²) in [7, 11) is 1.76. The zero-order valence-electron chi connectivity index (χ0n) is 9.99. The SMILES string of the molecule is COC1(CNC2=NCC(C)CS2)CCOC1. The van der Waals surface area contributed by atoms with E-state index in [1.165, 1.54) is 0 Å². The van der Waals surface area contributed by atoms with Gasteiger partial charge in [-0.1, -0.05) is 18.7 Å². The van der Waals surface area contributed by atoms with E-state index in [4.69, 9.17) is 9.47 Å². The van der Waals surface area contributed by atoms with Crippen LogP contribution in [-0.2, 0) is 9.47 Å². The van der Waals surface area contributed by atoms with E-state index in [1.54, 1.807) is 18.9 Å². The van der Waals surface area contributed by atoms with Gasteiger partial charge in [0, 0.05) is 39.0 Å². The Morgan fingerprint density at radius 1 is 1.69 bits per heavy atom. The van der Waals surface area contributed by atoms with Crippen LogP contribution in [-0.4, -0.2) is 49.9 Å². The third-order valence-corrected chi connectivity index (χ3v) is 4.40. The molecular weight excluding hydrogens is 224 g/mol. The molecule has 1 saturated heterocycles. The van der Waals surface area contributed by atoms with Crippen molar-refractivity contribution in [2.24, 2.45) is 10.9 Å². The fourth-order valence-corrected chi connectivity index (χ4v) is 2.75. The second kappa shape index (κ2) is 5.38. The Bertz CT molecular complexity index is 265. The molecule has 0 saturated carbocycles. The van der Waals surface area contributed by atoms with Crippen molar-refractivity contribution in [1.82, 2.24) is 5.32 Å². The van der Waals surface area contributed by atoms with Gasteiger partial charge in [0.25, 0.3) is 0 Å². The number of hydrogen-bond donors (Lipinski definition) is 1. The van der Waals surface area contributed by atoms with Gasteiger partial charge in [-0.15, -0.1) is 0 Å². The van der Waals surface area contributed by atoms with Gasteiger partial charge in [-0.3, -0.25) is 4.99 Å². The van der Waals surface area contributed by atoms with Crippen LogP contribution in [0.25, 0.3) is 0 Å². The van der Waals surface area contributed by atoms with Gasteiger partial charge in [-0.2, -0.15) is 0 Å². The van der Waals surface area contributed by atoms with Crippen LogP contribution in [0.15, 0.2) is 4.99 Å². The van der Waals surface area contributed by atoms with E-state index in [1.807, 2.05) is 0 Å². The Hall–Kier alpha value is -0.260. The van der Waals surface area contributed by atoms with Crippen LogP contribution in [0.5, 0.6) is 0 Å². The van der Waals surface area contributed by atoms with Crippen molar-refractivity contribution in [3.8, 4) is 0 Å². The lowest BCUT2D eigenvalue weighted by Crippen LogP contribution is -2.45. The number of amidine groups is 1. The number of methoxy groups -OCH3 is 1. The minimum absolute atomic E-state index is 0.147. The van der Waals surface area contributed by atoms with Crippen molar-refractivity contribution < 1.29 is 9.47 Å². The van der Waals surface area contributed by atoms with Gasteiger partial charge in [0.15, 0.2) is 5.17 Å². The normalized spacial score (nSPS) is 34.9. The van der Waals surface area contributed by atoms with Gasteiger partial charge >= 0.3 is 0 Å². The lowest BCUT2D eigenvalue weighted by Gasteiger charge is -2.27. The molecule has 92 valence electrons. The average molecular weight is 244 g/mol.